The van der Waals surface area contributed by atoms with Crippen molar-refractivity contribution in [1.82, 2.24) is 0 Å². The summed E-state index contributed by atoms with van der Waals surface area (Å²) in [5, 5.41) is 8.54. The molecule has 2 saturated carbocycles. The second-order valence-electron chi connectivity index (χ2n) is 6.84. The van der Waals surface area contributed by atoms with Crippen molar-refractivity contribution in [3.8, 4) is 6.07 Å². The van der Waals surface area contributed by atoms with Crippen molar-refractivity contribution in [2.24, 2.45) is 23.2 Å². The van der Waals surface area contributed by atoms with E-state index >= 15 is 0 Å². The average molecular weight is 313 g/mol. The van der Waals surface area contributed by atoms with Crippen molar-refractivity contribution in [3.63, 3.8) is 0 Å². The molecule has 3 rings (SSSR count). The van der Waals surface area contributed by atoms with Crippen LogP contribution in [0.4, 0.5) is 0 Å². The molecule has 21 heavy (non-hydrogen) atoms. The topological polar surface area (TPSA) is 93.5 Å². The third kappa shape index (κ3) is 1.92. The molecular formula is C14H19NO5S. The van der Waals surface area contributed by atoms with Gasteiger partial charge in [-0.3, -0.25) is 8.98 Å². The monoisotopic (exact) mass is 313 g/mol. The number of ether oxygens (including phenoxy) is 1. The van der Waals surface area contributed by atoms with Crippen LogP contribution in [0.2, 0.25) is 0 Å². The van der Waals surface area contributed by atoms with Gasteiger partial charge in [0.25, 0.3) is 10.1 Å². The lowest BCUT2D eigenvalue weighted by Crippen LogP contribution is -2.44. The number of fused-ring (bicyclic) bond motifs is 1. The summed E-state index contributed by atoms with van der Waals surface area (Å²) >= 11 is 0. The number of carbonyl (C=O) groups excluding carboxylic acids is 1. The molecule has 2 bridgehead atoms. The lowest BCUT2D eigenvalue weighted by molar-refractivity contribution is -0.167. The van der Waals surface area contributed by atoms with Crippen LogP contribution in [0.15, 0.2) is 0 Å². The van der Waals surface area contributed by atoms with E-state index in [9.17, 15) is 18.5 Å². The largest absolute Gasteiger partial charge is 0.459 e. The van der Waals surface area contributed by atoms with Crippen LogP contribution in [-0.2, 0) is 23.8 Å². The highest BCUT2D eigenvalue weighted by Crippen LogP contribution is 2.58. The first-order valence-corrected chi connectivity index (χ1v) is 8.73. The van der Waals surface area contributed by atoms with Crippen molar-refractivity contribution >= 4 is 16.1 Å². The van der Waals surface area contributed by atoms with Crippen LogP contribution in [0.3, 0.4) is 0 Å². The normalized spacial score (nSPS) is 42.8. The molecule has 0 spiro atoms. The summed E-state index contributed by atoms with van der Waals surface area (Å²) in [6.45, 7) is 5.48. The molecule has 0 N–H and O–H groups in total. The summed E-state index contributed by atoms with van der Waals surface area (Å²) < 4.78 is 34.8. The van der Waals surface area contributed by atoms with Gasteiger partial charge in [-0.2, -0.15) is 13.7 Å². The fourth-order valence-electron chi connectivity index (χ4n) is 3.74. The van der Waals surface area contributed by atoms with Gasteiger partial charge >= 0.3 is 5.97 Å². The molecule has 1 aliphatic heterocycles. The van der Waals surface area contributed by atoms with Gasteiger partial charge in [0.2, 0.25) is 0 Å². The van der Waals surface area contributed by atoms with E-state index in [-0.39, 0.29) is 17.8 Å². The number of hydrogen-bond acceptors (Lipinski definition) is 6. The average Bonchev–Trinajstić information content (AvgIpc) is 3.00. The van der Waals surface area contributed by atoms with Crippen LogP contribution >= 0.6 is 0 Å². The molecule has 116 valence electrons. The van der Waals surface area contributed by atoms with Crippen molar-refractivity contribution < 1.29 is 22.1 Å². The number of carbonyl (C=O) groups is 1. The maximum absolute atomic E-state index is 12.2. The lowest BCUT2D eigenvalue weighted by atomic mass is 9.85. The maximum Gasteiger partial charge on any atom is 0.311 e. The Kier molecular flexibility index (Phi) is 3.12. The van der Waals surface area contributed by atoms with E-state index in [2.05, 4.69) is 6.07 Å². The third-order valence-electron chi connectivity index (χ3n) is 5.36. The molecule has 0 aromatic heterocycles. The van der Waals surface area contributed by atoms with Crippen LogP contribution in [0, 0.1) is 34.5 Å². The standard InChI is InChI=1S/C14H19NO5S/c1-4-14(2,3)13(16)19-10-7-5-8-11(10)20-21(17,18)12(8)9(7)6-15/h7-12H,4-5H2,1-3H3. The summed E-state index contributed by atoms with van der Waals surface area (Å²) in [5.41, 5.74) is -0.624. The minimum atomic E-state index is -3.72. The Hall–Kier alpha value is -1.13. The Morgan fingerprint density at radius 2 is 2.10 bits per heavy atom. The van der Waals surface area contributed by atoms with Crippen LogP contribution in [-0.4, -0.2) is 31.8 Å². The number of nitriles is 1. The fraction of sp³-hybridized carbons (Fsp3) is 0.857. The van der Waals surface area contributed by atoms with Gasteiger partial charge in [-0.05, 0) is 26.7 Å². The maximum atomic E-state index is 12.2. The van der Waals surface area contributed by atoms with Crippen molar-refractivity contribution in [3.05, 3.63) is 0 Å². The first kappa shape index (κ1) is 14.8. The second kappa shape index (κ2) is 4.43. The molecule has 6 unspecified atom stereocenters. The van der Waals surface area contributed by atoms with Gasteiger partial charge in [0, 0.05) is 11.8 Å². The molecule has 6 nitrogen and oxygen atoms in total. The Morgan fingerprint density at radius 3 is 2.67 bits per heavy atom. The molecule has 2 aliphatic carbocycles. The molecule has 1 heterocycles. The fourth-order valence-corrected chi connectivity index (χ4v) is 5.75. The first-order valence-electron chi connectivity index (χ1n) is 7.25. The Labute approximate surface area is 124 Å². The predicted molar refractivity (Wildman–Crippen MR) is 72.2 cm³/mol. The smallest absolute Gasteiger partial charge is 0.311 e. The summed E-state index contributed by atoms with van der Waals surface area (Å²) in [6.07, 6.45) is -0.0179. The summed E-state index contributed by atoms with van der Waals surface area (Å²) in [7, 11) is -3.72. The quantitative estimate of drug-likeness (QED) is 0.574. The van der Waals surface area contributed by atoms with E-state index in [0.717, 1.165) is 0 Å². The van der Waals surface area contributed by atoms with Crippen LogP contribution in [0.5, 0.6) is 0 Å². The van der Waals surface area contributed by atoms with Crippen LogP contribution < -0.4 is 0 Å². The molecule has 0 amide bonds. The van der Waals surface area contributed by atoms with E-state index in [0.29, 0.717) is 12.8 Å². The third-order valence-corrected chi connectivity index (χ3v) is 7.16. The van der Waals surface area contributed by atoms with Crippen molar-refractivity contribution in [2.45, 2.75) is 51.1 Å². The van der Waals surface area contributed by atoms with Crippen LogP contribution in [0.25, 0.3) is 0 Å². The Balaban J connectivity index is 1.87. The van der Waals surface area contributed by atoms with Crippen molar-refractivity contribution in [2.75, 3.05) is 0 Å². The molecule has 6 atom stereocenters. The van der Waals surface area contributed by atoms with Gasteiger partial charge in [-0.25, -0.2) is 0 Å². The molecule has 3 aliphatic rings. The summed E-state index contributed by atoms with van der Waals surface area (Å²) in [4.78, 5) is 12.2. The molecule has 0 radical (unpaired) electrons. The lowest BCUT2D eigenvalue weighted by Gasteiger charge is -2.31. The SMILES string of the molecule is CCC(C)(C)C(=O)OC1C2CC3C1OS(=O)(=O)C3C2C#N. The second-order valence-corrected chi connectivity index (χ2v) is 8.57. The van der Waals surface area contributed by atoms with Gasteiger partial charge in [0.05, 0.1) is 17.4 Å². The predicted octanol–water partition coefficient (Wildman–Crippen LogP) is 1.22. The molecule has 0 aromatic rings. The van der Waals surface area contributed by atoms with E-state index in [4.69, 9.17) is 8.92 Å². The molecule has 3 fully saturated rings. The van der Waals surface area contributed by atoms with E-state index < -0.39 is 38.9 Å². The van der Waals surface area contributed by atoms with Crippen LogP contribution in [0.1, 0.15) is 33.6 Å². The highest BCUT2D eigenvalue weighted by Gasteiger charge is 2.70. The van der Waals surface area contributed by atoms with Gasteiger partial charge in [-0.15, -0.1) is 0 Å². The number of rotatable bonds is 3. The molecule has 7 heteroatoms. The Bertz CT molecular complexity index is 620. The summed E-state index contributed by atoms with van der Waals surface area (Å²) in [5.74, 6) is -1.44. The number of nitrogens with zero attached hydrogens (tertiary/aromatic N) is 1. The van der Waals surface area contributed by atoms with Gasteiger partial charge in [-0.1, -0.05) is 6.92 Å². The van der Waals surface area contributed by atoms with E-state index in [1.165, 1.54) is 0 Å². The zero-order chi connectivity index (χ0) is 15.6. The summed E-state index contributed by atoms with van der Waals surface area (Å²) in [6, 6.07) is 2.08. The zero-order valence-electron chi connectivity index (χ0n) is 12.3. The zero-order valence-corrected chi connectivity index (χ0v) is 13.1. The van der Waals surface area contributed by atoms with Crippen molar-refractivity contribution in [1.29, 1.82) is 5.26 Å². The number of hydrogen-bond donors (Lipinski definition) is 0. The minimum absolute atomic E-state index is 0.216. The van der Waals surface area contributed by atoms with E-state index in [1.54, 1.807) is 13.8 Å². The molecule has 1 saturated heterocycles. The molecule has 0 aromatic carbocycles. The minimum Gasteiger partial charge on any atom is -0.459 e. The van der Waals surface area contributed by atoms with E-state index in [1.807, 2.05) is 6.92 Å². The highest BCUT2D eigenvalue weighted by molar-refractivity contribution is 7.87. The first-order chi connectivity index (χ1) is 9.73. The Morgan fingerprint density at radius 1 is 1.43 bits per heavy atom. The number of esters is 1. The van der Waals surface area contributed by atoms with Gasteiger partial charge in [0.15, 0.2) is 0 Å². The van der Waals surface area contributed by atoms with Gasteiger partial charge in [0.1, 0.15) is 17.5 Å². The molecular weight excluding hydrogens is 294 g/mol. The highest BCUT2D eigenvalue weighted by atomic mass is 32.2. The van der Waals surface area contributed by atoms with Gasteiger partial charge < -0.3 is 4.74 Å².